The third-order valence-corrected chi connectivity index (χ3v) is 5.88. The minimum Gasteiger partial charge on any atom is -0.438 e. The maximum absolute atomic E-state index is 11.4. The molecule has 2 heterocycles. The van der Waals surface area contributed by atoms with Gasteiger partial charge in [0, 0.05) is 17.3 Å². The van der Waals surface area contributed by atoms with Crippen LogP contribution in [0, 0.1) is 0 Å². The summed E-state index contributed by atoms with van der Waals surface area (Å²) >= 11 is 0. The van der Waals surface area contributed by atoms with Crippen LogP contribution in [0.2, 0.25) is 0 Å². The highest BCUT2D eigenvalue weighted by Crippen LogP contribution is 2.40. The van der Waals surface area contributed by atoms with Crippen LogP contribution in [0.3, 0.4) is 0 Å². The molecule has 0 spiro atoms. The zero-order valence-corrected chi connectivity index (χ0v) is 17.0. The molecule has 4 aromatic rings. The van der Waals surface area contributed by atoms with E-state index in [4.69, 9.17) is 4.74 Å². The third kappa shape index (κ3) is 3.94. The Bertz CT molecular complexity index is 1200. The summed E-state index contributed by atoms with van der Waals surface area (Å²) < 4.78 is 6.31. The van der Waals surface area contributed by atoms with Gasteiger partial charge < -0.3 is 14.8 Å². The molecule has 0 aliphatic heterocycles. The van der Waals surface area contributed by atoms with E-state index in [2.05, 4.69) is 15.0 Å². The number of aliphatic hydroxyl groups is 1. The molecule has 1 aliphatic rings. The molecule has 0 radical (unpaired) electrons. The van der Waals surface area contributed by atoms with Gasteiger partial charge in [0.25, 0.3) is 0 Å². The molecule has 1 aliphatic carbocycles. The number of carbonyl (C=O) groups is 1. The van der Waals surface area contributed by atoms with Crippen molar-refractivity contribution in [2.45, 2.75) is 37.7 Å². The van der Waals surface area contributed by atoms with E-state index >= 15 is 0 Å². The molecule has 0 amide bonds. The monoisotopic (exact) mass is 413 g/mol. The lowest BCUT2D eigenvalue weighted by Gasteiger charge is -2.27. The molecule has 2 atom stereocenters. The number of hydrogen-bond acceptors (Lipinski definition) is 5. The molecular formula is C25H23N3O3. The molecule has 6 heteroatoms. The van der Waals surface area contributed by atoms with Crippen molar-refractivity contribution in [3.05, 3.63) is 71.9 Å². The summed E-state index contributed by atoms with van der Waals surface area (Å²) in [5.74, 6) is 1.93. The number of nitrogens with one attached hydrogen (secondary N) is 1. The smallest absolute Gasteiger partial charge is 0.222 e. The van der Waals surface area contributed by atoms with Gasteiger partial charge in [0.2, 0.25) is 5.88 Å². The minimum atomic E-state index is -0.287. The summed E-state index contributed by atoms with van der Waals surface area (Å²) in [7, 11) is 0. The van der Waals surface area contributed by atoms with E-state index in [1.807, 2.05) is 36.4 Å². The van der Waals surface area contributed by atoms with Crippen LogP contribution in [0.25, 0.3) is 22.4 Å². The summed E-state index contributed by atoms with van der Waals surface area (Å²) in [6.45, 7) is 0. The molecule has 2 aromatic heterocycles. The number of rotatable bonds is 5. The van der Waals surface area contributed by atoms with Crippen LogP contribution in [0.5, 0.6) is 11.6 Å². The molecular weight excluding hydrogens is 390 g/mol. The maximum atomic E-state index is 11.4. The zero-order valence-electron chi connectivity index (χ0n) is 17.0. The molecule has 5 rings (SSSR count). The van der Waals surface area contributed by atoms with Gasteiger partial charge in [-0.1, -0.05) is 24.6 Å². The Kier molecular flexibility index (Phi) is 5.22. The van der Waals surface area contributed by atoms with Crippen molar-refractivity contribution >= 4 is 17.3 Å². The number of nitrogens with zero attached hydrogens (tertiary/aromatic N) is 2. The summed E-state index contributed by atoms with van der Waals surface area (Å²) in [6, 6.07) is 17.0. The average Bonchev–Trinajstić information content (AvgIpc) is 3.24. The normalized spacial score (nSPS) is 18.7. The van der Waals surface area contributed by atoms with Crippen molar-refractivity contribution in [1.82, 2.24) is 15.0 Å². The highest BCUT2D eigenvalue weighted by atomic mass is 16.5. The van der Waals surface area contributed by atoms with Gasteiger partial charge in [0.15, 0.2) is 0 Å². The summed E-state index contributed by atoms with van der Waals surface area (Å²) in [5, 5.41) is 10.1. The average molecular weight is 413 g/mol. The van der Waals surface area contributed by atoms with Gasteiger partial charge in [-0.05, 0) is 61.6 Å². The van der Waals surface area contributed by atoms with Crippen LogP contribution < -0.4 is 4.74 Å². The van der Waals surface area contributed by atoms with Crippen molar-refractivity contribution in [3.63, 3.8) is 0 Å². The van der Waals surface area contributed by atoms with E-state index in [1.165, 1.54) is 0 Å². The number of hydrogen-bond donors (Lipinski definition) is 2. The molecule has 0 saturated heterocycles. The molecule has 1 fully saturated rings. The van der Waals surface area contributed by atoms with Gasteiger partial charge >= 0.3 is 0 Å². The van der Waals surface area contributed by atoms with E-state index in [0.29, 0.717) is 35.0 Å². The van der Waals surface area contributed by atoms with Gasteiger partial charge in [-0.3, -0.25) is 4.79 Å². The fourth-order valence-electron chi connectivity index (χ4n) is 4.33. The quantitative estimate of drug-likeness (QED) is 0.436. The Morgan fingerprint density at radius 3 is 2.84 bits per heavy atom. The number of aliphatic hydroxyl groups excluding tert-OH is 1. The molecule has 31 heavy (non-hydrogen) atoms. The number of aromatic nitrogens is 3. The molecule has 0 bridgehead atoms. The number of imidazole rings is 1. The Morgan fingerprint density at radius 2 is 2.00 bits per heavy atom. The highest BCUT2D eigenvalue weighted by molar-refractivity contribution is 5.84. The SMILES string of the molecule is O=Cc1ccc(Oc2ncccc2C2CCCC(O)C2)c(-c2nc3ccccc3[nH]2)c1. The molecule has 2 aromatic carbocycles. The molecule has 2 N–H and O–H groups in total. The minimum absolute atomic E-state index is 0.205. The summed E-state index contributed by atoms with van der Waals surface area (Å²) in [4.78, 5) is 23.9. The van der Waals surface area contributed by atoms with Gasteiger partial charge in [-0.2, -0.15) is 0 Å². The van der Waals surface area contributed by atoms with Gasteiger partial charge in [-0.15, -0.1) is 0 Å². The number of aldehydes is 1. The van der Waals surface area contributed by atoms with Crippen molar-refractivity contribution in [3.8, 4) is 23.0 Å². The highest BCUT2D eigenvalue weighted by Gasteiger charge is 2.25. The van der Waals surface area contributed by atoms with E-state index in [-0.39, 0.29) is 12.0 Å². The Hall–Kier alpha value is -3.51. The fraction of sp³-hybridized carbons (Fsp3) is 0.240. The van der Waals surface area contributed by atoms with Crippen LogP contribution in [0.4, 0.5) is 0 Å². The topological polar surface area (TPSA) is 88.1 Å². The van der Waals surface area contributed by atoms with E-state index < -0.39 is 0 Å². The first-order valence-corrected chi connectivity index (χ1v) is 10.6. The second kappa shape index (κ2) is 8.32. The Labute approximate surface area is 179 Å². The lowest BCUT2D eigenvalue weighted by molar-refractivity contribution is 0.112. The van der Waals surface area contributed by atoms with Gasteiger partial charge in [0.05, 0.1) is 22.7 Å². The van der Waals surface area contributed by atoms with Crippen LogP contribution >= 0.6 is 0 Å². The first-order valence-electron chi connectivity index (χ1n) is 10.6. The number of benzene rings is 2. The summed E-state index contributed by atoms with van der Waals surface area (Å²) in [5.41, 5.74) is 3.99. The van der Waals surface area contributed by atoms with Crippen molar-refractivity contribution in [2.75, 3.05) is 0 Å². The first-order chi connectivity index (χ1) is 15.2. The first kappa shape index (κ1) is 19.5. The number of fused-ring (bicyclic) bond motifs is 1. The number of H-pyrrole nitrogens is 1. The number of para-hydroxylation sites is 2. The largest absolute Gasteiger partial charge is 0.438 e. The van der Waals surface area contributed by atoms with E-state index in [0.717, 1.165) is 42.1 Å². The molecule has 2 unspecified atom stereocenters. The van der Waals surface area contributed by atoms with Crippen molar-refractivity contribution < 1.29 is 14.6 Å². The van der Waals surface area contributed by atoms with Crippen LogP contribution in [0.1, 0.15) is 47.5 Å². The maximum Gasteiger partial charge on any atom is 0.222 e. The zero-order chi connectivity index (χ0) is 21.2. The molecule has 6 nitrogen and oxygen atoms in total. The van der Waals surface area contributed by atoms with Crippen LogP contribution in [-0.4, -0.2) is 32.4 Å². The predicted molar refractivity (Wildman–Crippen MR) is 118 cm³/mol. The lowest BCUT2D eigenvalue weighted by atomic mass is 9.83. The van der Waals surface area contributed by atoms with Crippen LogP contribution in [0.15, 0.2) is 60.8 Å². The van der Waals surface area contributed by atoms with Gasteiger partial charge in [0.1, 0.15) is 17.9 Å². The van der Waals surface area contributed by atoms with Crippen molar-refractivity contribution in [1.29, 1.82) is 0 Å². The number of ether oxygens (including phenoxy) is 1. The van der Waals surface area contributed by atoms with Crippen molar-refractivity contribution in [2.24, 2.45) is 0 Å². The van der Waals surface area contributed by atoms with Gasteiger partial charge in [-0.25, -0.2) is 9.97 Å². The Balaban J connectivity index is 1.55. The fourth-order valence-corrected chi connectivity index (χ4v) is 4.33. The van der Waals surface area contributed by atoms with E-state index in [9.17, 15) is 9.90 Å². The number of pyridine rings is 1. The second-order valence-corrected chi connectivity index (χ2v) is 7.99. The van der Waals surface area contributed by atoms with Crippen LogP contribution in [-0.2, 0) is 0 Å². The molecule has 1 saturated carbocycles. The van der Waals surface area contributed by atoms with E-state index in [1.54, 1.807) is 24.4 Å². The number of aromatic amines is 1. The summed E-state index contributed by atoms with van der Waals surface area (Å²) in [6.07, 6.45) is 5.77. The lowest BCUT2D eigenvalue weighted by Crippen LogP contribution is -2.18. The third-order valence-electron chi connectivity index (χ3n) is 5.88. The standard InChI is InChI=1S/C25H23N3O3/c29-15-16-10-11-23(20(13-16)24-27-21-8-1-2-9-22(21)28-24)31-25-19(7-4-12-26-25)17-5-3-6-18(30)14-17/h1-2,4,7-13,15,17-18,30H,3,5-6,14H2,(H,27,28). The second-order valence-electron chi connectivity index (χ2n) is 7.99. The molecule has 156 valence electrons. The number of carbonyl (C=O) groups excluding carboxylic acids is 1. The predicted octanol–water partition coefficient (Wildman–Crippen LogP) is 5.25. The Morgan fingerprint density at radius 1 is 1.10 bits per heavy atom.